The monoisotopic (exact) mass is 365 g/mol. The molecule has 0 aliphatic heterocycles. The van der Waals surface area contributed by atoms with Crippen LogP contribution in [0.1, 0.15) is 11.5 Å². The molecule has 0 aliphatic carbocycles. The first-order chi connectivity index (χ1) is 10.0. The van der Waals surface area contributed by atoms with Crippen molar-refractivity contribution in [3.8, 4) is 0 Å². The normalized spacial score (nSPS) is 11.2. The molecule has 21 heavy (non-hydrogen) atoms. The first kappa shape index (κ1) is 14.3. The van der Waals surface area contributed by atoms with Gasteiger partial charge in [-0.25, -0.2) is 4.98 Å². The van der Waals surface area contributed by atoms with Gasteiger partial charge in [-0.2, -0.15) is 0 Å². The number of rotatable bonds is 3. The largest absolute Gasteiger partial charge is 0.309 e. The standard InChI is InChI=1S/C13H12BrN5OS/c1-8-16-17-13(18(8)2)21-7-10-5-12(20)19-6-9(14)3-4-11(19)15-10/h3-6H,7H2,1-2H3. The zero-order chi connectivity index (χ0) is 15.0. The van der Waals surface area contributed by atoms with Crippen LogP contribution in [0.4, 0.5) is 0 Å². The summed E-state index contributed by atoms with van der Waals surface area (Å²) in [6, 6.07) is 5.23. The number of aromatic nitrogens is 5. The van der Waals surface area contributed by atoms with Gasteiger partial charge in [0.2, 0.25) is 0 Å². The van der Waals surface area contributed by atoms with Crippen LogP contribution in [0.15, 0.2) is 38.8 Å². The maximum atomic E-state index is 12.1. The molecule has 3 heterocycles. The second kappa shape index (κ2) is 5.61. The summed E-state index contributed by atoms with van der Waals surface area (Å²) in [7, 11) is 1.91. The molecule has 0 aliphatic rings. The summed E-state index contributed by atoms with van der Waals surface area (Å²) in [5, 5.41) is 8.90. The van der Waals surface area contributed by atoms with E-state index in [4.69, 9.17) is 0 Å². The molecule has 3 aromatic heterocycles. The van der Waals surface area contributed by atoms with Crippen molar-refractivity contribution < 1.29 is 0 Å². The summed E-state index contributed by atoms with van der Waals surface area (Å²) in [5.41, 5.74) is 1.27. The molecule has 0 radical (unpaired) electrons. The maximum absolute atomic E-state index is 12.1. The molecule has 0 atom stereocenters. The van der Waals surface area contributed by atoms with Crippen LogP contribution in [-0.4, -0.2) is 24.1 Å². The Morgan fingerprint density at radius 2 is 2.14 bits per heavy atom. The molecule has 0 fully saturated rings. The Kier molecular flexibility index (Phi) is 3.81. The average Bonchev–Trinajstić information content (AvgIpc) is 2.77. The van der Waals surface area contributed by atoms with Gasteiger partial charge in [0.15, 0.2) is 5.16 Å². The summed E-state index contributed by atoms with van der Waals surface area (Å²) >= 11 is 4.86. The fraction of sp³-hybridized carbons (Fsp3) is 0.231. The fourth-order valence-corrected chi connectivity index (χ4v) is 3.04. The second-order valence-corrected chi connectivity index (χ2v) is 6.40. The van der Waals surface area contributed by atoms with Gasteiger partial charge in [0, 0.05) is 29.5 Å². The molecular formula is C13H12BrN5OS. The number of pyridine rings is 1. The Morgan fingerprint density at radius 3 is 2.86 bits per heavy atom. The van der Waals surface area contributed by atoms with Crippen LogP contribution in [0.5, 0.6) is 0 Å². The summed E-state index contributed by atoms with van der Waals surface area (Å²) in [6.07, 6.45) is 1.72. The van der Waals surface area contributed by atoms with Crippen molar-refractivity contribution in [1.82, 2.24) is 24.1 Å². The Hall–Kier alpha value is -1.67. The fourth-order valence-electron chi connectivity index (χ4n) is 1.85. The molecule has 0 saturated heterocycles. The van der Waals surface area contributed by atoms with Crippen molar-refractivity contribution in [3.05, 3.63) is 50.7 Å². The van der Waals surface area contributed by atoms with E-state index in [-0.39, 0.29) is 5.56 Å². The van der Waals surface area contributed by atoms with Crippen molar-refractivity contribution >= 4 is 33.3 Å². The third kappa shape index (κ3) is 2.86. The number of nitrogens with zero attached hydrogens (tertiary/aromatic N) is 5. The highest BCUT2D eigenvalue weighted by Crippen LogP contribution is 2.19. The number of thioether (sulfide) groups is 1. The van der Waals surface area contributed by atoms with Crippen molar-refractivity contribution in [2.24, 2.45) is 7.05 Å². The van der Waals surface area contributed by atoms with Gasteiger partial charge < -0.3 is 4.57 Å². The van der Waals surface area contributed by atoms with Crippen LogP contribution in [0, 0.1) is 6.92 Å². The minimum Gasteiger partial charge on any atom is -0.309 e. The van der Waals surface area contributed by atoms with E-state index < -0.39 is 0 Å². The minimum atomic E-state index is -0.0916. The van der Waals surface area contributed by atoms with Gasteiger partial charge in [-0.15, -0.1) is 10.2 Å². The molecule has 0 bridgehead atoms. The van der Waals surface area contributed by atoms with Crippen LogP contribution in [0.2, 0.25) is 0 Å². The topological polar surface area (TPSA) is 65.1 Å². The summed E-state index contributed by atoms with van der Waals surface area (Å²) in [4.78, 5) is 16.6. The molecular weight excluding hydrogens is 354 g/mol. The van der Waals surface area contributed by atoms with Gasteiger partial charge in [-0.1, -0.05) is 11.8 Å². The van der Waals surface area contributed by atoms with Crippen molar-refractivity contribution in [2.75, 3.05) is 0 Å². The van der Waals surface area contributed by atoms with E-state index in [1.54, 1.807) is 12.3 Å². The molecule has 108 valence electrons. The van der Waals surface area contributed by atoms with Gasteiger partial charge in [-0.05, 0) is 35.0 Å². The molecule has 6 nitrogen and oxygen atoms in total. The molecule has 3 rings (SSSR count). The van der Waals surface area contributed by atoms with Crippen molar-refractivity contribution in [3.63, 3.8) is 0 Å². The zero-order valence-corrected chi connectivity index (χ0v) is 13.8. The van der Waals surface area contributed by atoms with E-state index in [9.17, 15) is 4.79 Å². The Labute approximate surface area is 133 Å². The lowest BCUT2D eigenvalue weighted by Gasteiger charge is -2.04. The molecule has 8 heteroatoms. The minimum absolute atomic E-state index is 0.0916. The SMILES string of the molecule is Cc1nnc(SCc2cc(=O)n3cc(Br)ccc3n2)n1C. The lowest BCUT2D eigenvalue weighted by molar-refractivity contribution is 0.765. The van der Waals surface area contributed by atoms with Crippen LogP contribution in [-0.2, 0) is 12.8 Å². The average molecular weight is 366 g/mol. The number of fused-ring (bicyclic) bond motifs is 1. The van der Waals surface area contributed by atoms with Crippen LogP contribution < -0.4 is 5.56 Å². The maximum Gasteiger partial charge on any atom is 0.258 e. The highest BCUT2D eigenvalue weighted by Gasteiger charge is 2.08. The molecule has 0 aromatic carbocycles. The van der Waals surface area contributed by atoms with E-state index >= 15 is 0 Å². The van der Waals surface area contributed by atoms with Gasteiger partial charge in [0.25, 0.3) is 5.56 Å². The summed E-state index contributed by atoms with van der Waals surface area (Å²) in [6.45, 7) is 1.90. The molecule has 0 amide bonds. The van der Waals surface area contributed by atoms with Crippen LogP contribution in [0.3, 0.4) is 0 Å². The first-order valence-corrected chi connectivity index (χ1v) is 7.99. The van der Waals surface area contributed by atoms with E-state index in [2.05, 4.69) is 31.1 Å². The first-order valence-electron chi connectivity index (χ1n) is 6.21. The number of hydrogen-bond acceptors (Lipinski definition) is 5. The highest BCUT2D eigenvalue weighted by molar-refractivity contribution is 9.10. The van der Waals surface area contributed by atoms with Gasteiger partial charge in [-0.3, -0.25) is 9.20 Å². The quantitative estimate of drug-likeness (QED) is 0.665. The smallest absolute Gasteiger partial charge is 0.258 e. The van der Waals surface area contributed by atoms with E-state index in [0.29, 0.717) is 11.4 Å². The van der Waals surface area contributed by atoms with Crippen LogP contribution >= 0.6 is 27.7 Å². The number of halogens is 1. The van der Waals surface area contributed by atoms with E-state index in [0.717, 1.165) is 21.1 Å². The molecule has 0 unspecified atom stereocenters. The Bertz CT molecular complexity index is 873. The molecule has 0 spiro atoms. The molecule has 0 N–H and O–H groups in total. The van der Waals surface area contributed by atoms with E-state index in [1.807, 2.05) is 30.7 Å². The third-order valence-corrected chi connectivity index (χ3v) is 4.60. The summed E-state index contributed by atoms with van der Waals surface area (Å²) < 4.78 is 4.27. The number of aryl methyl sites for hydroxylation is 1. The van der Waals surface area contributed by atoms with Crippen molar-refractivity contribution in [2.45, 2.75) is 17.8 Å². The predicted molar refractivity (Wildman–Crippen MR) is 84.5 cm³/mol. The second-order valence-electron chi connectivity index (χ2n) is 4.54. The van der Waals surface area contributed by atoms with Gasteiger partial charge >= 0.3 is 0 Å². The highest BCUT2D eigenvalue weighted by atomic mass is 79.9. The Morgan fingerprint density at radius 1 is 1.33 bits per heavy atom. The third-order valence-electron chi connectivity index (χ3n) is 3.08. The van der Waals surface area contributed by atoms with Crippen molar-refractivity contribution in [1.29, 1.82) is 0 Å². The predicted octanol–water partition coefficient (Wildman–Crippen LogP) is 2.19. The van der Waals surface area contributed by atoms with Gasteiger partial charge in [0.05, 0.1) is 5.69 Å². The Balaban J connectivity index is 1.89. The zero-order valence-electron chi connectivity index (χ0n) is 11.4. The van der Waals surface area contributed by atoms with E-state index in [1.165, 1.54) is 16.2 Å². The lowest BCUT2D eigenvalue weighted by Crippen LogP contribution is -2.15. The van der Waals surface area contributed by atoms with Crippen LogP contribution in [0.25, 0.3) is 5.65 Å². The lowest BCUT2D eigenvalue weighted by atomic mass is 10.4. The molecule has 3 aromatic rings. The van der Waals surface area contributed by atoms with Gasteiger partial charge in [0.1, 0.15) is 11.5 Å². The molecule has 0 saturated carbocycles. The number of hydrogen-bond donors (Lipinski definition) is 0. The summed E-state index contributed by atoms with van der Waals surface area (Å²) in [5.74, 6) is 1.43.